The third-order valence-corrected chi connectivity index (χ3v) is 3.48. The van der Waals surface area contributed by atoms with Gasteiger partial charge in [-0.05, 0) is 36.8 Å². The van der Waals surface area contributed by atoms with E-state index in [1.807, 2.05) is 62.5 Å². The maximum Gasteiger partial charge on any atom is 0.150 e. The molecule has 1 aromatic heterocycles. The van der Waals surface area contributed by atoms with Gasteiger partial charge in [-0.15, -0.1) is 0 Å². The van der Waals surface area contributed by atoms with Crippen molar-refractivity contribution in [3.8, 4) is 0 Å². The van der Waals surface area contributed by atoms with Crippen molar-refractivity contribution in [2.75, 3.05) is 17.7 Å². The monoisotopic (exact) mass is 278 g/mol. The highest BCUT2D eigenvalue weighted by atomic mass is 15.2. The van der Waals surface area contributed by atoms with Crippen LogP contribution in [0, 0.1) is 6.92 Å². The number of para-hydroxylation sites is 2. The van der Waals surface area contributed by atoms with Crippen molar-refractivity contribution >= 4 is 22.5 Å². The minimum absolute atomic E-state index is 0.772. The molecule has 2 aromatic carbocycles. The van der Waals surface area contributed by atoms with Crippen molar-refractivity contribution in [1.29, 1.82) is 0 Å². The molecule has 0 unspecified atom stereocenters. The Morgan fingerprint density at radius 3 is 2.24 bits per heavy atom. The van der Waals surface area contributed by atoms with Gasteiger partial charge >= 0.3 is 0 Å². The molecular formula is C17H18N4. The van der Waals surface area contributed by atoms with E-state index in [1.54, 1.807) is 0 Å². The average Bonchev–Trinajstić information content (AvgIpc) is 2.49. The van der Waals surface area contributed by atoms with Crippen LogP contribution in [0.4, 0.5) is 11.5 Å². The summed E-state index contributed by atoms with van der Waals surface area (Å²) in [5.74, 6) is 0.908. The summed E-state index contributed by atoms with van der Waals surface area (Å²) in [6.07, 6.45) is 0. The molecule has 2 N–H and O–H groups in total. The van der Waals surface area contributed by atoms with Crippen molar-refractivity contribution in [1.82, 2.24) is 9.97 Å². The van der Waals surface area contributed by atoms with Gasteiger partial charge < -0.3 is 10.6 Å². The molecule has 0 saturated carbocycles. The molecule has 0 fully saturated rings. The van der Waals surface area contributed by atoms with Crippen molar-refractivity contribution in [2.24, 2.45) is 0 Å². The number of nitrogen functional groups attached to an aromatic ring is 1. The smallest absolute Gasteiger partial charge is 0.150 e. The first kappa shape index (κ1) is 13.4. The molecule has 0 aliphatic rings. The summed E-state index contributed by atoms with van der Waals surface area (Å²) in [7, 11) is 2.03. The zero-order valence-corrected chi connectivity index (χ0v) is 12.2. The number of rotatable bonds is 3. The van der Waals surface area contributed by atoms with Crippen LogP contribution >= 0.6 is 0 Å². The molecule has 0 atom stereocenters. The van der Waals surface area contributed by atoms with Gasteiger partial charge in [-0.25, -0.2) is 9.97 Å². The van der Waals surface area contributed by atoms with Gasteiger partial charge in [0.1, 0.15) is 0 Å². The lowest BCUT2D eigenvalue weighted by atomic mass is 10.2. The summed E-state index contributed by atoms with van der Waals surface area (Å²) < 4.78 is 0. The second kappa shape index (κ2) is 5.40. The number of benzene rings is 2. The van der Waals surface area contributed by atoms with Crippen molar-refractivity contribution in [3.63, 3.8) is 0 Å². The number of nitrogens with two attached hydrogens (primary N) is 1. The maximum atomic E-state index is 5.72. The Kier molecular flexibility index (Phi) is 3.44. The first-order chi connectivity index (χ1) is 10.1. The molecule has 21 heavy (non-hydrogen) atoms. The van der Waals surface area contributed by atoms with Crippen molar-refractivity contribution in [2.45, 2.75) is 13.5 Å². The summed E-state index contributed by atoms with van der Waals surface area (Å²) in [5, 5.41) is 0. The van der Waals surface area contributed by atoms with Crippen molar-refractivity contribution < 1.29 is 0 Å². The van der Waals surface area contributed by atoms with Crippen LogP contribution in [0.1, 0.15) is 11.3 Å². The SMILES string of the molecule is Cc1nc2ccccc2nc1N(C)Cc1ccc(N)cc1. The average molecular weight is 278 g/mol. The van der Waals surface area contributed by atoms with Gasteiger partial charge in [0.15, 0.2) is 5.82 Å². The lowest BCUT2D eigenvalue weighted by Crippen LogP contribution is -2.19. The molecule has 3 aromatic rings. The number of anilines is 2. The fourth-order valence-corrected chi connectivity index (χ4v) is 2.41. The zero-order chi connectivity index (χ0) is 14.8. The maximum absolute atomic E-state index is 5.72. The Bertz CT molecular complexity index is 765. The van der Waals surface area contributed by atoms with Gasteiger partial charge in [-0.3, -0.25) is 0 Å². The van der Waals surface area contributed by atoms with Gasteiger partial charge in [0.25, 0.3) is 0 Å². The van der Waals surface area contributed by atoms with Crippen molar-refractivity contribution in [3.05, 3.63) is 59.8 Å². The summed E-state index contributed by atoms with van der Waals surface area (Å²) >= 11 is 0. The zero-order valence-electron chi connectivity index (χ0n) is 12.2. The Hall–Kier alpha value is -2.62. The minimum atomic E-state index is 0.772. The Labute approximate surface area is 124 Å². The molecule has 0 aliphatic heterocycles. The minimum Gasteiger partial charge on any atom is -0.399 e. The van der Waals surface area contributed by atoms with E-state index >= 15 is 0 Å². The van der Waals surface area contributed by atoms with E-state index in [2.05, 4.69) is 9.88 Å². The molecule has 0 radical (unpaired) electrons. The lowest BCUT2D eigenvalue weighted by molar-refractivity contribution is 0.887. The second-order valence-electron chi connectivity index (χ2n) is 5.22. The van der Waals surface area contributed by atoms with Crippen LogP contribution in [0.2, 0.25) is 0 Å². The Balaban J connectivity index is 1.91. The van der Waals surface area contributed by atoms with Crippen LogP contribution in [0.25, 0.3) is 11.0 Å². The van der Waals surface area contributed by atoms with Gasteiger partial charge in [-0.2, -0.15) is 0 Å². The van der Waals surface area contributed by atoms with E-state index in [1.165, 1.54) is 5.56 Å². The third kappa shape index (κ3) is 2.79. The highest BCUT2D eigenvalue weighted by Gasteiger charge is 2.10. The molecule has 106 valence electrons. The lowest BCUT2D eigenvalue weighted by Gasteiger charge is -2.20. The highest BCUT2D eigenvalue weighted by Crippen LogP contribution is 2.20. The standard InChI is InChI=1S/C17H18N4/c1-12-17(20-16-6-4-3-5-15(16)19-12)21(2)11-13-7-9-14(18)10-8-13/h3-10H,11,18H2,1-2H3. The van der Waals surface area contributed by atoms with Crippen LogP contribution in [0.3, 0.4) is 0 Å². The van der Waals surface area contributed by atoms with Crippen LogP contribution in [-0.2, 0) is 6.54 Å². The van der Waals surface area contributed by atoms with E-state index in [4.69, 9.17) is 10.7 Å². The highest BCUT2D eigenvalue weighted by molar-refractivity contribution is 5.76. The van der Waals surface area contributed by atoms with Crippen LogP contribution in [-0.4, -0.2) is 17.0 Å². The number of hydrogen-bond donors (Lipinski definition) is 1. The molecule has 0 bridgehead atoms. The molecule has 4 heteroatoms. The van der Waals surface area contributed by atoms with Gasteiger partial charge in [0, 0.05) is 19.3 Å². The fourth-order valence-electron chi connectivity index (χ4n) is 2.41. The molecule has 4 nitrogen and oxygen atoms in total. The number of nitrogens with zero attached hydrogens (tertiary/aromatic N) is 3. The normalized spacial score (nSPS) is 10.8. The molecular weight excluding hydrogens is 260 g/mol. The summed E-state index contributed by atoms with van der Waals surface area (Å²) in [6.45, 7) is 2.77. The Morgan fingerprint density at radius 2 is 1.57 bits per heavy atom. The van der Waals surface area contributed by atoms with Gasteiger partial charge in [-0.1, -0.05) is 24.3 Å². The van der Waals surface area contributed by atoms with E-state index in [-0.39, 0.29) is 0 Å². The van der Waals surface area contributed by atoms with E-state index in [9.17, 15) is 0 Å². The molecule has 0 amide bonds. The number of hydrogen-bond acceptors (Lipinski definition) is 4. The largest absolute Gasteiger partial charge is 0.399 e. The number of fused-ring (bicyclic) bond motifs is 1. The van der Waals surface area contributed by atoms with Gasteiger partial charge in [0.05, 0.1) is 16.7 Å². The summed E-state index contributed by atoms with van der Waals surface area (Å²) in [4.78, 5) is 11.5. The molecule has 3 rings (SSSR count). The summed E-state index contributed by atoms with van der Waals surface area (Å²) in [5.41, 5.74) is 10.5. The van der Waals surface area contributed by atoms with E-state index in [0.717, 1.165) is 34.8 Å². The number of aromatic nitrogens is 2. The van der Waals surface area contributed by atoms with E-state index in [0.29, 0.717) is 0 Å². The second-order valence-corrected chi connectivity index (χ2v) is 5.22. The third-order valence-electron chi connectivity index (χ3n) is 3.48. The predicted octanol–water partition coefficient (Wildman–Crippen LogP) is 3.16. The molecule has 1 heterocycles. The molecule has 0 aliphatic carbocycles. The van der Waals surface area contributed by atoms with Crippen LogP contribution in [0.5, 0.6) is 0 Å². The Morgan fingerprint density at radius 1 is 0.952 bits per heavy atom. The first-order valence-electron chi connectivity index (χ1n) is 6.92. The van der Waals surface area contributed by atoms with Crippen LogP contribution < -0.4 is 10.6 Å². The van der Waals surface area contributed by atoms with E-state index < -0.39 is 0 Å². The quantitative estimate of drug-likeness (QED) is 0.748. The molecule has 0 spiro atoms. The summed E-state index contributed by atoms with van der Waals surface area (Å²) in [6, 6.07) is 15.8. The topological polar surface area (TPSA) is 55.0 Å². The number of aryl methyl sites for hydroxylation is 1. The van der Waals surface area contributed by atoms with Crippen LogP contribution in [0.15, 0.2) is 48.5 Å². The fraction of sp³-hybridized carbons (Fsp3) is 0.176. The predicted molar refractivity (Wildman–Crippen MR) is 87.2 cm³/mol. The van der Waals surface area contributed by atoms with Gasteiger partial charge in [0.2, 0.25) is 0 Å². The first-order valence-corrected chi connectivity index (χ1v) is 6.92. The molecule has 0 saturated heterocycles.